The maximum atomic E-state index is 2.32. The number of anilines is 1. The first kappa shape index (κ1) is 10.2. The molecule has 1 heteroatoms. The first-order valence-corrected chi connectivity index (χ1v) is 6.01. The van der Waals surface area contributed by atoms with E-state index in [9.17, 15) is 0 Å². The number of para-hydroxylation sites is 1. The molecule has 3 rings (SSSR count). The molecule has 0 atom stereocenters. The average Bonchev–Trinajstić information content (AvgIpc) is 2.81. The predicted molar refractivity (Wildman–Crippen MR) is 73.0 cm³/mol. The van der Waals surface area contributed by atoms with Crippen molar-refractivity contribution >= 4 is 11.8 Å². The topological polar surface area (TPSA) is 3.24 Å². The molecule has 0 radical (unpaired) electrons. The summed E-state index contributed by atoms with van der Waals surface area (Å²) >= 11 is 0. The van der Waals surface area contributed by atoms with E-state index in [1.54, 1.807) is 0 Å². The highest BCUT2D eigenvalue weighted by molar-refractivity contribution is 5.63. The fourth-order valence-corrected chi connectivity index (χ4v) is 2.26. The molecule has 2 aromatic rings. The van der Waals surface area contributed by atoms with Crippen molar-refractivity contribution in [2.75, 3.05) is 11.4 Å². The van der Waals surface area contributed by atoms with Crippen LogP contribution in [0.15, 0.2) is 60.8 Å². The van der Waals surface area contributed by atoms with Crippen molar-refractivity contribution in [1.29, 1.82) is 0 Å². The summed E-state index contributed by atoms with van der Waals surface area (Å²) in [6.45, 7) is 1.09. The summed E-state index contributed by atoms with van der Waals surface area (Å²) in [5.41, 5.74) is 4.04. The Kier molecular flexibility index (Phi) is 2.66. The number of fused-ring (bicyclic) bond motifs is 1. The van der Waals surface area contributed by atoms with Gasteiger partial charge in [-0.2, -0.15) is 0 Å². The van der Waals surface area contributed by atoms with E-state index in [4.69, 9.17) is 0 Å². The van der Waals surface area contributed by atoms with Gasteiger partial charge in [0.25, 0.3) is 0 Å². The van der Waals surface area contributed by atoms with Crippen LogP contribution in [0.1, 0.15) is 11.1 Å². The van der Waals surface area contributed by atoms with Gasteiger partial charge >= 0.3 is 0 Å². The standard InChI is InChI=1S/C16H15N/c1-2-6-14(7-3-1)10-12-17-13-11-15-8-4-5-9-16(15)17/h1-10,12H,11,13H2. The van der Waals surface area contributed by atoms with Crippen molar-refractivity contribution in [2.24, 2.45) is 0 Å². The van der Waals surface area contributed by atoms with E-state index >= 15 is 0 Å². The highest BCUT2D eigenvalue weighted by Gasteiger charge is 2.15. The minimum Gasteiger partial charge on any atom is -0.347 e. The molecular weight excluding hydrogens is 206 g/mol. The highest BCUT2D eigenvalue weighted by atomic mass is 15.1. The molecule has 17 heavy (non-hydrogen) atoms. The minimum absolute atomic E-state index is 1.09. The Bertz CT molecular complexity index is 528. The zero-order chi connectivity index (χ0) is 11.5. The van der Waals surface area contributed by atoms with E-state index in [1.165, 1.54) is 16.8 Å². The Morgan fingerprint density at radius 2 is 1.65 bits per heavy atom. The number of hydrogen-bond donors (Lipinski definition) is 0. The second-order valence-electron chi connectivity index (χ2n) is 4.30. The Balaban J connectivity index is 1.82. The van der Waals surface area contributed by atoms with Gasteiger partial charge in [0.15, 0.2) is 0 Å². The zero-order valence-corrected chi connectivity index (χ0v) is 9.71. The van der Waals surface area contributed by atoms with Gasteiger partial charge in [-0.25, -0.2) is 0 Å². The minimum atomic E-state index is 1.09. The molecule has 84 valence electrons. The summed E-state index contributed by atoms with van der Waals surface area (Å²) in [6.07, 6.45) is 5.50. The zero-order valence-electron chi connectivity index (χ0n) is 9.71. The van der Waals surface area contributed by atoms with Crippen LogP contribution >= 0.6 is 0 Å². The Hall–Kier alpha value is -2.02. The van der Waals surface area contributed by atoms with Crippen molar-refractivity contribution in [3.05, 3.63) is 71.9 Å². The van der Waals surface area contributed by atoms with Crippen LogP contribution in [-0.2, 0) is 6.42 Å². The molecule has 0 fully saturated rings. The molecule has 0 aliphatic carbocycles. The van der Waals surface area contributed by atoms with Crippen LogP contribution in [0, 0.1) is 0 Å². The van der Waals surface area contributed by atoms with Gasteiger partial charge in [0.05, 0.1) is 0 Å². The van der Waals surface area contributed by atoms with E-state index in [1.807, 2.05) is 6.07 Å². The maximum absolute atomic E-state index is 2.32. The molecule has 0 unspecified atom stereocenters. The molecule has 0 spiro atoms. The summed E-state index contributed by atoms with van der Waals surface area (Å²) < 4.78 is 0. The van der Waals surface area contributed by atoms with Crippen LogP contribution in [0.2, 0.25) is 0 Å². The number of benzene rings is 2. The number of hydrogen-bond acceptors (Lipinski definition) is 1. The first-order chi connectivity index (χ1) is 8.43. The quantitative estimate of drug-likeness (QED) is 0.747. The monoisotopic (exact) mass is 221 g/mol. The van der Waals surface area contributed by atoms with E-state index in [0.29, 0.717) is 0 Å². The number of nitrogens with zero attached hydrogens (tertiary/aromatic N) is 1. The average molecular weight is 221 g/mol. The van der Waals surface area contributed by atoms with E-state index in [0.717, 1.165) is 13.0 Å². The van der Waals surface area contributed by atoms with Gasteiger partial charge in [-0.05, 0) is 29.7 Å². The first-order valence-electron chi connectivity index (χ1n) is 6.01. The van der Waals surface area contributed by atoms with Crippen molar-refractivity contribution in [1.82, 2.24) is 0 Å². The Labute approximate surface area is 102 Å². The lowest BCUT2D eigenvalue weighted by atomic mass is 10.2. The Morgan fingerprint density at radius 1 is 0.882 bits per heavy atom. The summed E-state index contributed by atoms with van der Waals surface area (Å²) in [5, 5.41) is 0. The molecule has 0 saturated heterocycles. The van der Waals surface area contributed by atoms with Crippen molar-refractivity contribution in [2.45, 2.75) is 6.42 Å². The van der Waals surface area contributed by atoms with Crippen molar-refractivity contribution in [3.63, 3.8) is 0 Å². The molecule has 0 N–H and O–H groups in total. The molecule has 0 aromatic heterocycles. The number of rotatable bonds is 2. The third-order valence-corrected chi connectivity index (χ3v) is 3.17. The second-order valence-corrected chi connectivity index (χ2v) is 4.30. The maximum Gasteiger partial charge on any atom is 0.0439 e. The fourth-order valence-electron chi connectivity index (χ4n) is 2.26. The summed E-state index contributed by atoms with van der Waals surface area (Å²) in [4.78, 5) is 2.32. The second kappa shape index (κ2) is 4.46. The van der Waals surface area contributed by atoms with E-state index < -0.39 is 0 Å². The summed E-state index contributed by atoms with van der Waals surface area (Å²) in [6, 6.07) is 19.1. The van der Waals surface area contributed by atoms with Gasteiger partial charge in [0.1, 0.15) is 0 Å². The lowest BCUT2D eigenvalue weighted by Gasteiger charge is -2.13. The van der Waals surface area contributed by atoms with E-state index in [2.05, 4.69) is 65.7 Å². The van der Waals surface area contributed by atoms with Gasteiger partial charge < -0.3 is 4.90 Å². The van der Waals surface area contributed by atoms with Gasteiger partial charge in [-0.15, -0.1) is 0 Å². The SMILES string of the molecule is C(=CN1CCc2ccccc21)c1ccccc1. The molecule has 1 heterocycles. The molecule has 1 nitrogen and oxygen atoms in total. The van der Waals surface area contributed by atoms with Crippen LogP contribution in [0.4, 0.5) is 5.69 Å². The smallest absolute Gasteiger partial charge is 0.0439 e. The lowest BCUT2D eigenvalue weighted by molar-refractivity contribution is 0.995. The van der Waals surface area contributed by atoms with Gasteiger partial charge in [-0.3, -0.25) is 0 Å². The molecular formula is C16H15N. The van der Waals surface area contributed by atoms with Gasteiger partial charge in [-0.1, -0.05) is 48.5 Å². The van der Waals surface area contributed by atoms with Crippen LogP contribution in [0.25, 0.3) is 6.08 Å². The third kappa shape index (κ3) is 2.09. The Morgan fingerprint density at radius 3 is 2.53 bits per heavy atom. The molecule has 1 aliphatic rings. The van der Waals surface area contributed by atoms with Crippen molar-refractivity contribution in [3.8, 4) is 0 Å². The van der Waals surface area contributed by atoms with Crippen LogP contribution in [-0.4, -0.2) is 6.54 Å². The molecule has 0 amide bonds. The van der Waals surface area contributed by atoms with Gasteiger partial charge in [0.2, 0.25) is 0 Å². The third-order valence-electron chi connectivity index (χ3n) is 3.17. The normalized spacial score (nSPS) is 14.2. The summed E-state index contributed by atoms with van der Waals surface area (Å²) in [5.74, 6) is 0. The van der Waals surface area contributed by atoms with Crippen LogP contribution < -0.4 is 4.90 Å². The van der Waals surface area contributed by atoms with E-state index in [-0.39, 0.29) is 0 Å². The lowest BCUT2D eigenvalue weighted by Crippen LogP contribution is -2.11. The highest BCUT2D eigenvalue weighted by Crippen LogP contribution is 2.27. The fraction of sp³-hybridized carbons (Fsp3) is 0.125. The molecule has 0 bridgehead atoms. The summed E-state index contributed by atoms with van der Waals surface area (Å²) in [7, 11) is 0. The van der Waals surface area contributed by atoms with Crippen LogP contribution in [0.5, 0.6) is 0 Å². The van der Waals surface area contributed by atoms with Crippen molar-refractivity contribution < 1.29 is 0 Å². The molecule has 1 aliphatic heterocycles. The molecule has 0 saturated carbocycles. The van der Waals surface area contributed by atoms with Gasteiger partial charge in [0, 0.05) is 18.4 Å². The predicted octanol–water partition coefficient (Wildman–Crippen LogP) is 3.72. The van der Waals surface area contributed by atoms with Crippen LogP contribution in [0.3, 0.4) is 0 Å². The molecule has 2 aromatic carbocycles. The largest absolute Gasteiger partial charge is 0.347 e.